The molecule has 1 heterocycles. The highest BCUT2D eigenvalue weighted by atomic mass is 79.9. The van der Waals surface area contributed by atoms with Crippen LogP contribution >= 0.6 is 54.8 Å². The summed E-state index contributed by atoms with van der Waals surface area (Å²) in [4.78, 5) is 12.1. The van der Waals surface area contributed by atoms with Crippen LogP contribution in [-0.4, -0.2) is 5.78 Å². The third kappa shape index (κ3) is 3.19. The van der Waals surface area contributed by atoms with E-state index in [4.69, 9.17) is 11.6 Å². The molecule has 0 N–H and O–H groups in total. The maximum Gasteiger partial charge on any atom is 0.169 e. The van der Waals surface area contributed by atoms with Crippen molar-refractivity contribution >= 4 is 60.6 Å². The largest absolute Gasteiger partial charge is 0.294 e. The van der Waals surface area contributed by atoms with Crippen LogP contribution in [0.5, 0.6) is 0 Å². The quantitative estimate of drug-likeness (QED) is 0.641. The maximum atomic E-state index is 12.1. The minimum Gasteiger partial charge on any atom is -0.294 e. The van der Waals surface area contributed by atoms with Gasteiger partial charge in [-0.15, -0.1) is 11.3 Å². The Morgan fingerprint density at radius 2 is 2.00 bits per heavy atom. The average Bonchev–Trinajstić information content (AvgIpc) is 2.61. The fourth-order valence-electron chi connectivity index (χ4n) is 1.44. The van der Waals surface area contributed by atoms with E-state index in [1.165, 1.54) is 11.3 Å². The Kier molecular flexibility index (Phi) is 4.42. The van der Waals surface area contributed by atoms with Gasteiger partial charge in [0, 0.05) is 17.0 Å². The van der Waals surface area contributed by atoms with Crippen LogP contribution in [0.3, 0.4) is 0 Å². The third-order valence-electron chi connectivity index (χ3n) is 2.27. The van der Waals surface area contributed by atoms with Crippen LogP contribution in [0.1, 0.15) is 15.9 Å². The minimum atomic E-state index is 0.0620. The molecule has 1 aromatic heterocycles. The Morgan fingerprint density at radius 3 is 2.59 bits per heavy atom. The monoisotopic (exact) mass is 392 g/mol. The van der Waals surface area contributed by atoms with Crippen molar-refractivity contribution in [3.63, 3.8) is 0 Å². The Morgan fingerprint density at radius 1 is 1.29 bits per heavy atom. The van der Waals surface area contributed by atoms with E-state index >= 15 is 0 Å². The molecule has 0 aliphatic heterocycles. The van der Waals surface area contributed by atoms with Crippen molar-refractivity contribution in [1.29, 1.82) is 0 Å². The van der Waals surface area contributed by atoms with Crippen LogP contribution < -0.4 is 0 Å². The van der Waals surface area contributed by atoms with Gasteiger partial charge < -0.3 is 0 Å². The first-order valence-electron chi connectivity index (χ1n) is 4.79. The summed E-state index contributed by atoms with van der Waals surface area (Å²) in [5.41, 5.74) is 1.55. The van der Waals surface area contributed by atoms with Crippen LogP contribution in [0.25, 0.3) is 0 Å². The van der Waals surface area contributed by atoms with Gasteiger partial charge in [0.1, 0.15) is 0 Å². The molecule has 1 nitrogen and oxygen atoms in total. The predicted molar refractivity (Wildman–Crippen MR) is 79.2 cm³/mol. The summed E-state index contributed by atoms with van der Waals surface area (Å²) in [6, 6.07) is 9.23. The van der Waals surface area contributed by atoms with E-state index in [0.717, 1.165) is 13.1 Å². The van der Waals surface area contributed by atoms with Crippen molar-refractivity contribution in [2.45, 2.75) is 6.42 Å². The number of hydrogen-bond acceptors (Lipinski definition) is 2. The van der Waals surface area contributed by atoms with Gasteiger partial charge in [-0.25, -0.2) is 0 Å². The van der Waals surface area contributed by atoms with E-state index < -0.39 is 0 Å². The molecule has 0 unspecified atom stereocenters. The van der Waals surface area contributed by atoms with Crippen LogP contribution in [0, 0.1) is 0 Å². The number of ketones is 1. The summed E-state index contributed by atoms with van der Waals surface area (Å²) in [5.74, 6) is 0.0620. The summed E-state index contributed by atoms with van der Waals surface area (Å²) in [6.45, 7) is 0. The highest BCUT2D eigenvalue weighted by Crippen LogP contribution is 2.32. The van der Waals surface area contributed by atoms with Crippen LogP contribution in [0.15, 0.2) is 37.9 Å². The lowest BCUT2D eigenvalue weighted by Gasteiger charge is -2.02. The van der Waals surface area contributed by atoms with E-state index in [0.29, 0.717) is 17.0 Å². The Hall–Kier alpha value is -0.160. The molecule has 0 fully saturated rings. The average molecular weight is 395 g/mol. The fraction of sp³-hybridized carbons (Fsp3) is 0.0833. The molecular weight excluding hydrogens is 387 g/mol. The molecule has 0 spiro atoms. The van der Waals surface area contributed by atoms with Crippen molar-refractivity contribution in [2.75, 3.05) is 0 Å². The van der Waals surface area contributed by atoms with Gasteiger partial charge in [-0.2, -0.15) is 0 Å². The highest BCUT2D eigenvalue weighted by molar-refractivity contribution is 9.12. The number of carbonyl (C=O) groups excluding carboxylic acids is 1. The lowest BCUT2D eigenvalue weighted by atomic mass is 10.1. The molecule has 0 aliphatic rings. The van der Waals surface area contributed by atoms with E-state index in [1.807, 2.05) is 24.3 Å². The van der Waals surface area contributed by atoms with Crippen LogP contribution in [-0.2, 0) is 6.42 Å². The van der Waals surface area contributed by atoms with Gasteiger partial charge in [0.05, 0.1) is 7.57 Å². The van der Waals surface area contributed by atoms with Gasteiger partial charge in [0.15, 0.2) is 5.78 Å². The second kappa shape index (κ2) is 5.65. The molecule has 0 saturated heterocycles. The van der Waals surface area contributed by atoms with Gasteiger partial charge in [0.2, 0.25) is 0 Å². The molecule has 0 saturated carbocycles. The standard InChI is InChI=1S/C12H7Br2ClOS/c13-11-6-8(12(14)17-11)10(16)5-7-3-1-2-4-9(7)15/h1-4,6H,5H2. The SMILES string of the molecule is O=C(Cc1ccccc1Cl)c1cc(Br)sc1Br. The van der Waals surface area contributed by atoms with Gasteiger partial charge in [-0.3, -0.25) is 4.79 Å². The highest BCUT2D eigenvalue weighted by Gasteiger charge is 2.15. The van der Waals surface area contributed by atoms with Crippen molar-refractivity contribution < 1.29 is 4.79 Å². The Bertz CT molecular complexity index is 565. The summed E-state index contributed by atoms with van der Waals surface area (Å²) >= 11 is 14.3. The van der Waals surface area contributed by atoms with E-state index in [1.54, 1.807) is 6.07 Å². The van der Waals surface area contributed by atoms with Crippen molar-refractivity contribution in [1.82, 2.24) is 0 Å². The molecular formula is C12H7Br2ClOS. The van der Waals surface area contributed by atoms with Gasteiger partial charge in [-0.1, -0.05) is 29.8 Å². The maximum absolute atomic E-state index is 12.1. The van der Waals surface area contributed by atoms with E-state index in [-0.39, 0.29) is 5.78 Å². The number of hydrogen-bond donors (Lipinski definition) is 0. The number of rotatable bonds is 3. The minimum absolute atomic E-state index is 0.0620. The number of halogens is 3. The summed E-state index contributed by atoms with van der Waals surface area (Å²) in [7, 11) is 0. The molecule has 88 valence electrons. The van der Waals surface area contributed by atoms with Crippen molar-refractivity contribution in [2.24, 2.45) is 0 Å². The summed E-state index contributed by atoms with van der Waals surface area (Å²) in [6.07, 6.45) is 0.321. The van der Waals surface area contributed by atoms with Crippen molar-refractivity contribution in [3.05, 3.63) is 54.1 Å². The molecule has 17 heavy (non-hydrogen) atoms. The summed E-state index contributed by atoms with van der Waals surface area (Å²) in [5, 5.41) is 0.631. The predicted octanol–water partition coefficient (Wildman–Crippen LogP) is 5.35. The molecule has 2 rings (SSSR count). The number of Topliss-reactive ketones (excluding diaryl/α,β-unsaturated/α-hetero) is 1. The Labute approximate surface area is 125 Å². The second-order valence-electron chi connectivity index (χ2n) is 3.43. The zero-order valence-corrected chi connectivity index (χ0v) is 13.3. The Balaban J connectivity index is 2.23. The zero-order valence-electron chi connectivity index (χ0n) is 8.54. The number of thiophene rings is 1. The van der Waals surface area contributed by atoms with Crippen molar-refractivity contribution in [3.8, 4) is 0 Å². The normalized spacial score (nSPS) is 10.5. The molecule has 0 atom stereocenters. The molecule has 5 heteroatoms. The topological polar surface area (TPSA) is 17.1 Å². The zero-order chi connectivity index (χ0) is 12.4. The lowest BCUT2D eigenvalue weighted by Crippen LogP contribution is -2.03. The van der Waals surface area contributed by atoms with Crippen LogP contribution in [0.2, 0.25) is 5.02 Å². The van der Waals surface area contributed by atoms with Gasteiger partial charge >= 0.3 is 0 Å². The fourth-order valence-corrected chi connectivity index (χ4v) is 4.50. The number of carbonyl (C=O) groups is 1. The third-order valence-corrected chi connectivity index (χ3v) is 4.97. The first kappa shape index (κ1) is 13.3. The molecule has 0 radical (unpaired) electrons. The first-order chi connectivity index (χ1) is 8.08. The molecule has 2 aromatic rings. The molecule has 0 bridgehead atoms. The second-order valence-corrected chi connectivity index (χ2v) is 7.59. The summed E-state index contributed by atoms with van der Waals surface area (Å²) < 4.78 is 1.79. The van der Waals surface area contributed by atoms with E-state index in [9.17, 15) is 4.79 Å². The number of benzene rings is 1. The van der Waals surface area contributed by atoms with Gasteiger partial charge in [0.25, 0.3) is 0 Å². The smallest absolute Gasteiger partial charge is 0.169 e. The lowest BCUT2D eigenvalue weighted by molar-refractivity contribution is 0.0993. The molecule has 0 aliphatic carbocycles. The van der Waals surface area contributed by atoms with Gasteiger partial charge in [-0.05, 0) is 49.6 Å². The molecule has 0 amide bonds. The molecule has 1 aromatic carbocycles. The first-order valence-corrected chi connectivity index (χ1v) is 7.57. The van der Waals surface area contributed by atoms with Crippen LogP contribution in [0.4, 0.5) is 0 Å². The van der Waals surface area contributed by atoms with E-state index in [2.05, 4.69) is 31.9 Å².